The lowest BCUT2D eigenvalue weighted by Gasteiger charge is -2.08. The zero-order valence-corrected chi connectivity index (χ0v) is 15.5. The van der Waals surface area contributed by atoms with Gasteiger partial charge in [-0.15, -0.1) is 0 Å². The van der Waals surface area contributed by atoms with Crippen LogP contribution in [-0.4, -0.2) is 22.2 Å². The van der Waals surface area contributed by atoms with Gasteiger partial charge in [-0.05, 0) is 50.6 Å². The first-order valence-electron chi connectivity index (χ1n) is 7.59. The minimum Gasteiger partial charge on any atom is -0.493 e. The summed E-state index contributed by atoms with van der Waals surface area (Å²) in [6, 6.07) is 5.78. The number of allylic oxidation sites excluding steroid dienone is 1. The van der Waals surface area contributed by atoms with Gasteiger partial charge in [0.2, 0.25) is 0 Å². The van der Waals surface area contributed by atoms with Gasteiger partial charge in [-0.1, -0.05) is 22.9 Å². The van der Waals surface area contributed by atoms with E-state index in [4.69, 9.17) is 4.74 Å². The van der Waals surface area contributed by atoms with Crippen molar-refractivity contribution in [2.45, 2.75) is 27.2 Å². The molecule has 5 heteroatoms. The summed E-state index contributed by atoms with van der Waals surface area (Å²) < 4.78 is 8.40. The Bertz CT molecular complexity index is 748. The normalized spacial score (nSPS) is 11.2. The Morgan fingerprint density at radius 1 is 1.39 bits per heavy atom. The van der Waals surface area contributed by atoms with E-state index in [2.05, 4.69) is 28.0 Å². The molecule has 0 atom stereocenters. The zero-order chi connectivity index (χ0) is 17.0. The van der Waals surface area contributed by atoms with Crippen molar-refractivity contribution in [2.75, 3.05) is 6.61 Å². The summed E-state index contributed by atoms with van der Waals surface area (Å²) in [5.74, 6) is 0.730. The molecule has 0 saturated heterocycles. The summed E-state index contributed by atoms with van der Waals surface area (Å²) in [6.45, 7) is 6.46. The highest BCUT2D eigenvalue weighted by Gasteiger charge is 2.15. The van der Waals surface area contributed by atoms with Crippen LogP contribution in [0.25, 0.3) is 6.08 Å². The Morgan fingerprint density at radius 2 is 2.13 bits per heavy atom. The lowest BCUT2D eigenvalue weighted by atomic mass is 10.1. The first-order valence-corrected chi connectivity index (χ1v) is 8.38. The van der Waals surface area contributed by atoms with Gasteiger partial charge in [0, 0.05) is 22.8 Å². The van der Waals surface area contributed by atoms with Crippen LogP contribution in [0.3, 0.4) is 0 Å². The zero-order valence-electron chi connectivity index (χ0n) is 13.9. The van der Waals surface area contributed by atoms with E-state index in [0.717, 1.165) is 33.6 Å². The number of aryl methyl sites for hydroxylation is 2. The number of carbonyl (C=O) groups excluding carboxylic acids is 1. The molecule has 0 bridgehead atoms. The fourth-order valence-corrected chi connectivity index (χ4v) is 2.75. The second kappa shape index (κ2) is 7.59. The third-order valence-electron chi connectivity index (χ3n) is 3.60. The number of nitrogens with zero attached hydrogens (tertiary/aromatic N) is 2. The number of aromatic nitrogens is 2. The molecule has 4 nitrogen and oxygen atoms in total. The van der Waals surface area contributed by atoms with E-state index in [-0.39, 0.29) is 5.78 Å². The molecule has 0 N–H and O–H groups in total. The Kier molecular flexibility index (Phi) is 5.77. The van der Waals surface area contributed by atoms with Gasteiger partial charge in [-0.2, -0.15) is 5.10 Å². The number of hydrogen-bond donors (Lipinski definition) is 0. The van der Waals surface area contributed by atoms with E-state index < -0.39 is 0 Å². The number of benzene rings is 1. The van der Waals surface area contributed by atoms with Crippen LogP contribution in [0.2, 0.25) is 0 Å². The summed E-state index contributed by atoms with van der Waals surface area (Å²) in [4.78, 5) is 12.5. The fourth-order valence-electron chi connectivity index (χ4n) is 2.37. The summed E-state index contributed by atoms with van der Waals surface area (Å²) in [5, 5.41) is 4.29. The lowest BCUT2D eigenvalue weighted by Crippen LogP contribution is -2.00. The number of rotatable bonds is 6. The van der Waals surface area contributed by atoms with E-state index in [1.807, 2.05) is 39.1 Å². The van der Waals surface area contributed by atoms with Gasteiger partial charge in [0.1, 0.15) is 5.75 Å². The Morgan fingerprint density at radius 3 is 2.74 bits per heavy atom. The average Bonchev–Trinajstić information content (AvgIpc) is 2.76. The van der Waals surface area contributed by atoms with Crippen molar-refractivity contribution in [3.05, 3.63) is 51.3 Å². The smallest absolute Gasteiger partial charge is 0.189 e. The highest BCUT2D eigenvalue weighted by Crippen LogP contribution is 2.25. The van der Waals surface area contributed by atoms with Gasteiger partial charge in [0.25, 0.3) is 0 Å². The van der Waals surface area contributed by atoms with Crippen LogP contribution < -0.4 is 4.74 Å². The van der Waals surface area contributed by atoms with Gasteiger partial charge in [-0.25, -0.2) is 0 Å². The standard InChI is InChI=1S/C18H21BrN2O2/c1-5-10-23-17-9-7-15(19)11-14(17)6-8-16(22)18-12(2)20-21(4)13(18)3/h6-9,11H,5,10H2,1-4H3/b8-6+. The molecule has 0 aliphatic heterocycles. The van der Waals surface area contributed by atoms with E-state index in [0.29, 0.717) is 12.2 Å². The highest BCUT2D eigenvalue weighted by molar-refractivity contribution is 9.10. The van der Waals surface area contributed by atoms with Gasteiger partial charge in [-0.3, -0.25) is 9.48 Å². The number of hydrogen-bond acceptors (Lipinski definition) is 3. The molecule has 1 aromatic heterocycles. The number of halogens is 1. The molecule has 0 aliphatic rings. The SMILES string of the molecule is CCCOc1ccc(Br)cc1/C=C/C(=O)c1c(C)nn(C)c1C. The second-order valence-electron chi connectivity index (χ2n) is 5.40. The van der Waals surface area contributed by atoms with Crippen LogP contribution in [0.15, 0.2) is 28.7 Å². The van der Waals surface area contributed by atoms with E-state index in [1.165, 1.54) is 0 Å². The third-order valence-corrected chi connectivity index (χ3v) is 4.10. The Balaban J connectivity index is 2.28. The molecule has 23 heavy (non-hydrogen) atoms. The minimum absolute atomic E-state index is 0.0467. The summed E-state index contributed by atoms with van der Waals surface area (Å²) in [5.41, 5.74) is 3.15. The van der Waals surface area contributed by atoms with Crippen molar-refractivity contribution >= 4 is 27.8 Å². The van der Waals surface area contributed by atoms with Crippen LogP contribution in [0.1, 0.15) is 40.7 Å². The summed E-state index contributed by atoms with van der Waals surface area (Å²) >= 11 is 3.46. The van der Waals surface area contributed by atoms with E-state index in [9.17, 15) is 4.79 Å². The van der Waals surface area contributed by atoms with Crippen LogP contribution in [0.5, 0.6) is 5.75 Å². The topological polar surface area (TPSA) is 44.1 Å². The van der Waals surface area contributed by atoms with Gasteiger partial charge in [0.05, 0.1) is 17.9 Å². The highest BCUT2D eigenvalue weighted by atomic mass is 79.9. The second-order valence-corrected chi connectivity index (χ2v) is 6.31. The predicted molar refractivity (Wildman–Crippen MR) is 96.0 cm³/mol. The van der Waals surface area contributed by atoms with Gasteiger partial charge >= 0.3 is 0 Å². The molecule has 122 valence electrons. The maximum Gasteiger partial charge on any atom is 0.189 e. The molecule has 0 saturated carbocycles. The molecular formula is C18H21BrN2O2. The summed E-state index contributed by atoms with van der Waals surface area (Å²) in [7, 11) is 1.84. The monoisotopic (exact) mass is 376 g/mol. The molecule has 0 aliphatic carbocycles. The summed E-state index contributed by atoms with van der Waals surface area (Å²) in [6.07, 6.45) is 4.31. The molecule has 0 spiro atoms. The number of ether oxygens (including phenoxy) is 1. The number of carbonyl (C=O) groups is 1. The van der Waals surface area contributed by atoms with Crippen molar-refractivity contribution in [1.29, 1.82) is 0 Å². The molecular weight excluding hydrogens is 356 g/mol. The molecule has 1 heterocycles. The largest absolute Gasteiger partial charge is 0.493 e. The van der Waals surface area contributed by atoms with Crippen LogP contribution in [0.4, 0.5) is 0 Å². The van der Waals surface area contributed by atoms with Crippen molar-refractivity contribution in [1.82, 2.24) is 9.78 Å². The lowest BCUT2D eigenvalue weighted by molar-refractivity contribution is 0.104. The van der Waals surface area contributed by atoms with Crippen LogP contribution in [0, 0.1) is 13.8 Å². The van der Waals surface area contributed by atoms with Crippen molar-refractivity contribution in [3.8, 4) is 5.75 Å². The molecule has 1 aromatic carbocycles. The Labute approximate surface area is 145 Å². The minimum atomic E-state index is -0.0467. The number of ketones is 1. The van der Waals surface area contributed by atoms with Crippen molar-refractivity contribution in [2.24, 2.45) is 7.05 Å². The van der Waals surface area contributed by atoms with Gasteiger partial charge in [0.15, 0.2) is 5.78 Å². The Hall–Kier alpha value is -1.88. The predicted octanol–water partition coefficient (Wildman–Crippen LogP) is 4.48. The fraction of sp³-hybridized carbons (Fsp3) is 0.333. The molecule has 0 fully saturated rings. The van der Waals surface area contributed by atoms with E-state index in [1.54, 1.807) is 16.8 Å². The van der Waals surface area contributed by atoms with Crippen molar-refractivity contribution in [3.63, 3.8) is 0 Å². The quantitative estimate of drug-likeness (QED) is 0.551. The molecule has 0 unspecified atom stereocenters. The molecule has 2 rings (SSSR count). The first kappa shape index (κ1) is 17.5. The van der Waals surface area contributed by atoms with E-state index >= 15 is 0 Å². The van der Waals surface area contributed by atoms with Crippen LogP contribution >= 0.6 is 15.9 Å². The maximum atomic E-state index is 12.5. The third kappa shape index (κ3) is 4.10. The van der Waals surface area contributed by atoms with Gasteiger partial charge < -0.3 is 4.74 Å². The molecule has 2 aromatic rings. The maximum absolute atomic E-state index is 12.5. The molecule has 0 radical (unpaired) electrons. The first-order chi connectivity index (χ1) is 10.9. The van der Waals surface area contributed by atoms with Crippen LogP contribution in [-0.2, 0) is 7.05 Å². The average molecular weight is 377 g/mol. The van der Waals surface area contributed by atoms with Crippen molar-refractivity contribution < 1.29 is 9.53 Å². The molecule has 0 amide bonds.